The van der Waals surface area contributed by atoms with E-state index in [-0.39, 0.29) is 28.8 Å². The van der Waals surface area contributed by atoms with Crippen LogP contribution in [0, 0.1) is 5.92 Å². The summed E-state index contributed by atoms with van der Waals surface area (Å²) in [5.41, 5.74) is 0.701. The summed E-state index contributed by atoms with van der Waals surface area (Å²) in [6, 6.07) is 9.21. The fourth-order valence-electron chi connectivity index (χ4n) is 2.96. The molecule has 3 rings (SSSR count). The molecule has 90 valence electrons. The summed E-state index contributed by atoms with van der Waals surface area (Å²) in [6.45, 7) is 0.682. The van der Waals surface area contributed by atoms with Crippen LogP contribution in [0.2, 0.25) is 0 Å². The molecule has 0 radical (unpaired) electrons. The molecular weight excluding hydrogens is 282 g/mol. The number of piperidine rings is 1. The molecule has 0 unspecified atom stereocenters. The first-order valence-corrected chi connectivity index (χ1v) is 6.78. The molecule has 1 aromatic rings. The molecule has 1 N–H and O–H groups in total. The van der Waals surface area contributed by atoms with Gasteiger partial charge in [-0.15, -0.1) is 0 Å². The van der Waals surface area contributed by atoms with Gasteiger partial charge in [-0.05, 0) is 18.6 Å². The van der Waals surface area contributed by atoms with Crippen LogP contribution in [0.4, 0.5) is 0 Å². The fourth-order valence-corrected chi connectivity index (χ4v) is 4.04. The van der Waals surface area contributed by atoms with Gasteiger partial charge in [-0.25, -0.2) is 0 Å². The average molecular weight is 296 g/mol. The van der Waals surface area contributed by atoms with Crippen LogP contribution < -0.4 is 0 Å². The first-order chi connectivity index (χ1) is 8.18. The topological polar surface area (TPSA) is 40.5 Å². The summed E-state index contributed by atoms with van der Waals surface area (Å²) in [5, 5.41) is 10.0. The van der Waals surface area contributed by atoms with Crippen molar-refractivity contribution < 1.29 is 9.90 Å². The highest BCUT2D eigenvalue weighted by atomic mass is 79.9. The number of hydrogen-bond donors (Lipinski definition) is 1. The van der Waals surface area contributed by atoms with E-state index in [0.717, 1.165) is 6.42 Å². The van der Waals surface area contributed by atoms with Crippen LogP contribution in [0.3, 0.4) is 0 Å². The number of aliphatic hydroxyl groups excluding tert-OH is 1. The maximum atomic E-state index is 12.3. The van der Waals surface area contributed by atoms with E-state index in [1.54, 1.807) is 0 Å². The van der Waals surface area contributed by atoms with Gasteiger partial charge in [0.1, 0.15) is 0 Å². The summed E-state index contributed by atoms with van der Waals surface area (Å²) in [7, 11) is 0. The third kappa shape index (κ3) is 1.70. The number of nitrogens with zero attached hydrogens (tertiary/aromatic N) is 1. The van der Waals surface area contributed by atoms with Gasteiger partial charge < -0.3 is 10.0 Å². The minimum absolute atomic E-state index is 0.0290. The number of aliphatic hydroxyl groups is 1. The number of rotatable bonds is 1. The van der Waals surface area contributed by atoms with E-state index in [1.165, 1.54) is 0 Å². The standard InChI is InChI=1S/C13H14BrNO2/c14-10-6-9-7-15(11(10)12(9)16)13(17)8-4-2-1-3-5-8/h1-5,9-12,16H,6-7H2/t9-,10+,11+,12-/m1/s1. The normalized spacial score (nSPS) is 35.3. The molecule has 4 heteroatoms. The predicted molar refractivity (Wildman–Crippen MR) is 68.1 cm³/mol. The molecule has 1 saturated carbocycles. The first-order valence-electron chi connectivity index (χ1n) is 5.86. The number of alkyl halides is 1. The number of amides is 1. The van der Waals surface area contributed by atoms with Gasteiger partial charge in [-0.1, -0.05) is 34.1 Å². The number of carbonyl (C=O) groups is 1. The summed E-state index contributed by atoms with van der Waals surface area (Å²) in [4.78, 5) is 14.4. The number of likely N-dealkylation sites (tertiary alicyclic amines) is 1. The second-order valence-electron chi connectivity index (χ2n) is 4.82. The van der Waals surface area contributed by atoms with Crippen molar-refractivity contribution >= 4 is 21.8 Å². The molecular formula is C13H14BrNO2. The molecule has 2 fully saturated rings. The highest BCUT2D eigenvalue weighted by Crippen LogP contribution is 2.42. The lowest BCUT2D eigenvalue weighted by molar-refractivity contribution is 0.0659. The summed E-state index contributed by atoms with van der Waals surface area (Å²) in [5.74, 6) is 0.262. The average Bonchev–Trinajstić information content (AvgIpc) is 2.81. The highest BCUT2D eigenvalue weighted by molar-refractivity contribution is 9.09. The molecule has 1 heterocycles. The van der Waals surface area contributed by atoms with Crippen LogP contribution in [0.15, 0.2) is 30.3 Å². The quantitative estimate of drug-likeness (QED) is 0.801. The van der Waals surface area contributed by atoms with E-state index in [4.69, 9.17) is 0 Å². The van der Waals surface area contributed by atoms with E-state index in [1.807, 2.05) is 35.2 Å². The lowest BCUT2D eigenvalue weighted by Crippen LogP contribution is -2.44. The smallest absolute Gasteiger partial charge is 0.254 e. The van der Waals surface area contributed by atoms with Gasteiger partial charge >= 0.3 is 0 Å². The zero-order valence-corrected chi connectivity index (χ0v) is 10.9. The summed E-state index contributed by atoms with van der Waals surface area (Å²) in [6.07, 6.45) is 0.594. The second-order valence-corrected chi connectivity index (χ2v) is 5.99. The maximum Gasteiger partial charge on any atom is 0.254 e. The van der Waals surface area contributed by atoms with Crippen LogP contribution in [0.5, 0.6) is 0 Å². The second kappa shape index (κ2) is 4.10. The van der Waals surface area contributed by atoms with Gasteiger partial charge in [-0.2, -0.15) is 0 Å². The van der Waals surface area contributed by atoms with Crippen LogP contribution >= 0.6 is 15.9 Å². The van der Waals surface area contributed by atoms with E-state index >= 15 is 0 Å². The van der Waals surface area contributed by atoms with E-state index in [9.17, 15) is 9.90 Å². The molecule has 1 saturated heterocycles. The summed E-state index contributed by atoms with van der Waals surface area (Å²) < 4.78 is 0. The number of carbonyl (C=O) groups excluding carboxylic acids is 1. The molecule has 1 aliphatic carbocycles. The number of halogens is 1. The zero-order valence-electron chi connectivity index (χ0n) is 9.29. The molecule has 1 aliphatic heterocycles. The van der Waals surface area contributed by atoms with Crippen molar-refractivity contribution in [3.63, 3.8) is 0 Å². The molecule has 0 spiro atoms. The maximum absolute atomic E-state index is 12.3. The lowest BCUT2D eigenvalue weighted by atomic mass is 10.1. The molecule has 1 amide bonds. The van der Waals surface area contributed by atoms with Crippen LogP contribution in [0.1, 0.15) is 16.8 Å². The SMILES string of the molecule is O=C(c1ccccc1)N1C[C@H]2C[C@H](Br)[C@H]1[C@@H]2O. The van der Waals surface area contributed by atoms with Crippen molar-refractivity contribution in [3.8, 4) is 0 Å². The minimum atomic E-state index is -0.368. The van der Waals surface area contributed by atoms with Gasteiger partial charge in [0.15, 0.2) is 0 Å². The van der Waals surface area contributed by atoms with Crippen molar-refractivity contribution in [1.82, 2.24) is 4.90 Å². The molecule has 3 nitrogen and oxygen atoms in total. The van der Waals surface area contributed by atoms with Crippen molar-refractivity contribution in [1.29, 1.82) is 0 Å². The monoisotopic (exact) mass is 295 g/mol. The van der Waals surface area contributed by atoms with Crippen molar-refractivity contribution in [3.05, 3.63) is 35.9 Å². The van der Waals surface area contributed by atoms with Gasteiger partial charge in [0.25, 0.3) is 5.91 Å². The molecule has 2 aliphatic rings. The Bertz CT molecular complexity index is 436. The lowest BCUT2D eigenvalue weighted by Gasteiger charge is -2.30. The third-order valence-corrected chi connectivity index (χ3v) is 4.72. The molecule has 0 aromatic heterocycles. The van der Waals surface area contributed by atoms with Gasteiger partial charge in [0.05, 0.1) is 12.1 Å². The molecule has 2 bridgehead atoms. The van der Waals surface area contributed by atoms with E-state index in [0.29, 0.717) is 12.1 Å². The Morgan fingerprint density at radius 2 is 2.06 bits per heavy atom. The van der Waals surface area contributed by atoms with Gasteiger partial charge in [-0.3, -0.25) is 4.79 Å². The van der Waals surface area contributed by atoms with Crippen LogP contribution in [-0.4, -0.2) is 39.4 Å². The minimum Gasteiger partial charge on any atom is -0.391 e. The molecule has 1 aromatic carbocycles. The van der Waals surface area contributed by atoms with Crippen molar-refractivity contribution in [2.45, 2.75) is 23.4 Å². The Hall–Kier alpha value is -0.870. The van der Waals surface area contributed by atoms with Gasteiger partial charge in [0, 0.05) is 22.9 Å². The van der Waals surface area contributed by atoms with E-state index < -0.39 is 0 Å². The molecule has 17 heavy (non-hydrogen) atoms. The summed E-state index contributed by atoms with van der Waals surface area (Å²) >= 11 is 3.56. The van der Waals surface area contributed by atoms with Crippen molar-refractivity contribution in [2.75, 3.05) is 6.54 Å². The van der Waals surface area contributed by atoms with Crippen molar-refractivity contribution in [2.24, 2.45) is 5.92 Å². The number of fused-ring (bicyclic) bond motifs is 2. The highest BCUT2D eigenvalue weighted by Gasteiger charge is 2.52. The number of benzene rings is 1. The predicted octanol–water partition coefficient (Wildman–Crippen LogP) is 1.66. The van der Waals surface area contributed by atoms with Crippen LogP contribution in [-0.2, 0) is 0 Å². The van der Waals surface area contributed by atoms with Gasteiger partial charge in [0.2, 0.25) is 0 Å². The zero-order chi connectivity index (χ0) is 12.0. The Morgan fingerprint density at radius 1 is 1.35 bits per heavy atom. The third-order valence-electron chi connectivity index (χ3n) is 3.80. The van der Waals surface area contributed by atoms with Crippen LogP contribution in [0.25, 0.3) is 0 Å². The Balaban J connectivity index is 1.85. The molecule has 4 atom stereocenters. The Labute approximate surface area is 109 Å². The number of hydrogen-bond acceptors (Lipinski definition) is 2. The first kappa shape index (κ1) is 11.2. The fraction of sp³-hybridized carbons (Fsp3) is 0.462. The van der Waals surface area contributed by atoms with E-state index in [2.05, 4.69) is 15.9 Å². The largest absolute Gasteiger partial charge is 0.391 e. The Morgan fingerprint density at radius 3 is 2.65 bits per heavy atom. The Kier molecular flexibility index (Phi) is 2.71.